The monoisotopic (exact) mass is 440 g/mol. The van der Waals surface area contributed by atoms with Crippen LogP contribution in [0.2, 0.25) is 0 Å². The van der Waals surface area contributed by atoms with E-state index in [0.717, 1.165) is 10.9 Å². The van der Waals surface area contributed by atoms with Crippen molar-refractivity contribution >= 4 is 43.6 Å². The van der Waals surface area contributed by atoms with Crippen molar-refractivity contribution < 1.29 is 9.53 Å². The summed E-state index contributed by atoms with van der Waals surface area (Å²) in [5.41, 5.74) is 3.95. The highest BCUT2D eigenvalue weighted by molar-refractivity contribution is 9.10. The zero-order valence-corrected chi connectivity index (χ0v) is 15.9. The molecule has 4 atom stereocenters. The van der Waals surface area contributed by atoms with Gasteiger partial charge in [-0.15, -0.1) is 0 Å². The Labute approximate surface area is 152 Å². The minimum atomic E-state index is -0.312. The summed E-state index contributed by atoms with van der Waals surface area (Å²) in [6, 6.07) is 6.48. The Morgan fingerprint density at radius 3 is 3.00 bits per heavy atom. The smallest absolute Gasteiger partial charge is 0.407 e. The average molecular weight is 442 g/mol. The Morgan fingerprint density at radius 1 is 1.43 bits per heavy atom. The van der Waals surface area contributed by atoms with Gasteiger partial charge in [0.1, 0.15) is 6.10 Å². The number of nitrogens with one attached hydrogen (secondary N) is 1. The van der Waals surface area contributed by atoms with Crippen LogP contribution in [-0.4, -0.2) is 30.1 Å². The van der Waals surface area contributed by atoms with Crippen molar-refractivity contribution in [2.75, 3.05) is 18.0 Å². The number of nitrogens with zero attached hydrogens (tertiary/aromatic N) is 1. The number of benzene rings is 1. The largest absolute Gasteiger partial charge is 0.442 e. The van der Waals surface area contributed by atoms with Crippen LogP contribution >= 0.6 is 31.9 Å². The predicted molar refractivity (Wildman–Crippen MR) is 97.1 cm³/mol. The first-order valence-electron chi connectivity index (χ1n) is 7.90. The standard InChI is InChI=1S/C17H18Br2N2O2/c1-9-13(19)3-5-15-16(9)12-6-10(18)2-4-14(12)21(15)8-11-7-20-17(22)23-11/h2,4-6,9,11,13,16H,3,7-8H2,1H3,(H,20,22). The van der Waals surface area contributed by atoms with Crippen molar-refractivity contribution in [1.29, 1.82) is 0 Å². The fourth-order valence-electron chi connectivity index (χ4n) is 3.87. The lowest BCUT2D eigenvalue weighted by Gasteiger charge is -2.33. The number of ether oxygens (including phenoxy) is 1. The second kappa shape index (κ2) is 5.81. The fraction of sp³-hybridized carbons (Fsp3) is 0.471. The molecule has 1 N–H and O–H groups in total. The highest BCUT2D eigenvalue weighted by Gasteiger charge is 2.42. The molecule has 1 aromatic rings. The molecule has 4 unspecified atom stereocenters. The molecule has 1 aliphatic carbocycles. The molecule has 1 fully saturated rings. The van der Waals surface area contributed by atoms with Gasteiger partial charge in [0.05, 0.1) is 13.1 Å². The molecule has 1 amide bonds. The summed E-state index contributed by atoms with van der Waals surface area (Å²) in [6.07, 6.45) is 2.95. The molecule has 2 aliphatic heterocycles. The third-order valence-electron chi connectivity index (χ3n) is 5.03. The van der Waals surface area contributed by atoms with Crippen LogP contribution in [0.5, 0.6) is 0 Å². The van der Waals surface area contributed by atoms with Crippen molar-refractivity contribution in [1.82, 2.24) is 5.32 Å². The summed E-state index contributed by atoms with van der Waals surface area (Å²) in [5.74, 6) is 0.919. The van der Waals surface area contributed by atoms with Crippen molar-refractivity contribution in [3.8, 4) is 0 Å². The predicted octanol–water partition coefficient (Wildman–Crippen LogP) is 4.15. The van der Waals surface area contributed by atoms with Gasteiger partial charge in [-0.1, -0.05) is 44.9 Å². The number of carbonyl (C=O) groups is 1. The second-order valence-electron chi connectivity index (χ2n) is 6.44. The third kappa shape index (κ3) is 2.60. The number of cyclic esters (lactones) is 1. The zero-order valence-electron chi connectivity index (χ0n) is 12.8. The molecular formula is C17H18Br2N2O2. The Kier molecular flexibility index (Phi) is 3.92. The molecule has 1 saturated heterocycles. The van der Waals surface area contributed by atoms with Gasteiger partial charge in [-0.2, -0.15) is 0 Å². The maximum atomic E-state index is 11.3. The zero-order chi connectivity index (χ0) is 16.1. The van der Waals surface area contributed by atoms with E-state index in [0.29, 0.717) is 29.8 Å². The van der Waals surface area contributed by atoms with Crippen LogP contribution < -0.4 is 10.2 Å². The van der Waals surface area contributed by atoms with Crippen molar-refractivity contribution in [2.45, 2.75) is 30.2 Å². The first-order valence-corrected chi connectivity index (χ1v) is 9.61. The minimum absolute atomic E-state index is 0.101. The van der Waals surface area contributed by atoms with Crippen LogP contribution in [0, 0.1) is 5.92 Å². The number of halogens is 2. The minimum Gasteiger partial charge on any atom is -0.442 e. The van der Waals surface area contributed by atoms with Crippen LogP contribution in [-0.2, 0) is 4.74 Å². The van der Waals surface area contributed by atoms with Gasteiger partial charge in [0, 0.05) is 26.6 Å². The van der Waals surface area contributed by atoms with Gasteiger partial charge < -0.3 is 15.0 Å². The second-order valence-corrected chi connectivity index (χ2v) is 8.53. The van der Waals surface area contributed by atoms with E-state index in [-0.39, 0.29) is 12.2 Å². The van der Waals surface area contributed by atoms with Gasteiger partial charge in [0.25, 0.3) is 0 Å². The maximum absolute atomic E-state index is 11.3. The number of alkyl carbamates (subject to hydrolysis) is 1. The summed E-state index contributed by atoms with van der Waals surface area (Å²) in [7, 11) is 0. The lowest BCUT2D eigenvalue weighted by molar-refractivity contribution is 0.143. The van der Waals surface area contributed by atoms with E-state index in [2.05, 4.69) is 73.3 Å². The number of carbonyl (C=O) groups excluding carboxylic acids is 1. The third-order valence-corrected chi connectivity index (χ3v) is 6.73. The number of amides is 1. The first-order chi connectivity index (χ1) is 11.0. The number of anilines is 1. The molecule has 6 heteroatoms. The van der Waals surface area contributed by atoms with Crippen LogP contribution in [0.3, 0.4) is 0 Å². The van der Waals surface area contributed by atoms with E-state index in [1.165, 1.54) is 16.9 Å². The topological polar surface area (TPSA) is 41.6 Å². The molecule has 0 spiro atoms. The number of alkyl halides is 1. The molecule has 4 nitrogen and oxygen atoms in total. The molecule has 0 bridgehead atoms. The van der Waals surface area contributed by atoms with Gasteiger partial charge in [-0.05, 0) is 36.1 Å². The van der Waals surface area contributed by atoms with E-state index < -0.39 is 0 Å². The highest BCUT2D eigenvalue weighted by atomic mass is 79.9. The molecule has 4 rings (SSSR count). The SMILES string of the molecule is CC1C(Br)CC=C2C1c1cc(Br)ccc1N2CC1CNC(=O)O1. The van der Waals surface area contributed by atoms with E-state index in [4.69, 9.17) is 4.74 Å². The van der Waals surface area contributed by atoms with Crippen molar-refractivity contribution in [2.24, 2.45) is 5.92 Å². The Morgan fingerprint density at radius 2 is 2.26 bits per heavy atom. The lowest BCUT2D eigenvalue weighted by atomic mass is 9.80. The van der Waals surface area contributed by atoms with Gasteiger partial charge in [0.2, 0.25) is 0 Å². The lowest BCUT2D eigenvalue weighted by Crippen LogP contribution is -2.35. The molecule has 0 radical (unpaired) electrons. The van der Waals surface area contributed by atoms with Crippen LogP contribution in [0.4, 0.5) is 10.5 Å². The normalized spacial score (nSPS) is 32.0. The maximum Gasteiger partial charge on any atom is 0.407 e. The van der Waals surface area contributed by atoms with E-state index in [1.54, 1.807) is 0 Å². The Bertz CT molecular complexity index is 691. The van der Waals surface area contributed by atoms with Gasteiger partial charge >= 0.3 is 6.09 Å². The highest BCUT2D eigenvalue weighted by Crippen LogP contribution is 2.52. The van der Waals surface area contributed by atoms with E-state index in [1.807, 2.05) is 0 Å². The molecule has 0 aromatic heterocycles. The van der Waals surface area contributed by atoms with Gasteiger partial charge in [0.15, 0.2) is 0 Å². The number of fused-ring (bicyclic) bond motifs is 3. The average Bonchev–Trinajstić information content (AvgIpc) is 3.05. The number of allylic oxidation sites excluding steroid dienone is 2. The van der Waals surface area contributed by atoms with Crippen LogP contribution in [0.1, 0.15) is 24.8 Å². The molecule has 2 heterocycles. The van der Waals surface area contributed by atoms with E-state index in [9.17, 15) is 4.79 Å². The van der Waals surface area contributed by atoms with Gasteiger partial charge in [-0.25, -0.2) is 4.79 Å². The van der Waals surface area contributed by atoms with Crippen LogP contribution in [0.25, 0.3) is 0 Å². The summed E-state index contributed by atoms with van der Waals surface area (Å²) in [4.78, 5) is 14.2. The molecular weight excluding hydrogens is 424 g/mol. The van der Waals surface area contributed by atoms with Crippen LogP contribution in [0.15, 0.2) is 34.4 Å². The quantitative estimate of drug-likeness (QED) is 0.701. The van der Waals surface area contributed by atoms with Crippen molar-refractivity contribution in [3.63, 3.8) is 0 Å². The number of rotatable bonds is 2. The molecule has 3 aliphatic rings. The summed E-state index contributed by atoms with van der Waals surface area (Å²) in [6.45, 7) is 3.59. The first kappa shape index (κ1) is 15.5. The van der Waals surface area contributed by atoms with Gasteiger partial charge in [-0.3, -0.25) is 0 Å². The summed E-state index contributed by atoms with van der Waals surface area (Å²) in [5, 5.41) is 2.74. The fourth-order valence-corrected chi connectivity index (χ4v) is 4.75. The number of hydrogen-bond donors (Lipinski definition) is 1. The number of hydrogen-bond acceptors (Lipinski definition) is 3. The summed E-state index contributed by atoms with van der Waals surface area (Å²) >= 11 is 7.43. The Balaban J connectivity index is 1.72. The molecule has 122 valence electrons. The molecule has 0 saturated carbocycles. The van der Waals surface area contributed by atoms with E-state index >= 15 is 0 Å². The summed E-state index contributed by atoms with van der Waals surface area (Å²) < 4.78 is 6.46. The molecule has 1 aromatic carbocycles. The van der Waals surface area contributed by atoms with Crippen molar-refractivity contribution in [3.05, 3.63) is 40.0 Å². The Hall–Kier alpha value is -1.01. The molecule has 23 heavy (non-hydrogen) atoms.